The molecule has 2 nitrogen and oxygen atoms in total. The Morgan fingerprint density at radius 3 is 2.29 bits per heavy atom. The van der Waals surface area contributed by atoms with Crippen molar-refractivity contribution in [2.24, 2.45) is 0 Å². The minimum absolute atomic E-state index is 0.458. The normalized spacial score (nSPS) is 12.1. The lowest BCUT2D eigenvalue weighted by Gasteiger charge is -2.14. The molecule has 21 heavy (non-hydrogen) atoms. The second-order valence-corrected chi connectivity index (χ2v) is 6.36. The summed E-state index contributed by atoms with van der Waals surface area (Å²) >= 11 is 1.42. The van der Waals surface area contributed by atoms with Crippen LogP contribution in [0.25, 0.3) is 0 Å². The van der Waals surface area contributed by atoms with E-state index in [2.05, 4.69) is 13.0 Å². The molecule has 2 aromatic carbocycles. The van der Waals surface area contributed by atoms with Gasteiger partial charge in [-0.1, -0.05) is 48.9 Å². The first-order valence-electron chi connectivity index (χ1n) is 7.13. The average molecular weight is 300 g/mol. The maximum atomic E-state index is 11.6. The largest absolute Gasteiger partial charge is 0.480 e. The van der Waals surface area contributed by atoms with Gasteiger partial charge in [0.25, 0.3) is 0 Å². The molecule has 1 atom stereocenters. The molecule has 0 unspecified atom stereocenters. The monoisotopic (exact) mass is 300 g/mol. The molecular weight excluding hydrogens is 280 g/mol. The summed E-state index contributed by atoms with van der Waals surface area (Å²) in [6, 6.07) is 16.1. The average Bonchev–Trinajstić information content (AvgIpc) is 2.49. The molecule has 0 fully saturated rings. The van der Waals surface area contributed by atoms with Crippen molar-refractivity contribution in [1.29, 1.82) is 0 Å². The highest BCUT2D eigenvalue weighted by Gasteiger charge is 2.20. The van der Waals surface area contributed by atoms with E-state index in [1.165, 1.54) is 22.9 Å². The van der Waals surface area contributed by atoms with E-state index in [-0.39, 0.29) is 0 Å². The van der Waals surface area contributed by atoms with Crippen molar-refractivity contribution in [3.05, 3.63) is 65.2 Å². The lowest BCUT2D eigenvalue weighted by atomic mass is 10.0. The summed E-state index contributed by atoms with van der Waals surface area (Å²) in [5.41, 5.74) is 3.54. The Kier molecular flexibility index (Phi) is 5.45. The fourth-order valence-corrected chi connectivity index (χ4v) is 3.25. The second kappa shape index (κ2) is 7.32. The smallest absolute Gasteiger partial charge is 0.317 e. The molecule has 0 heterocycles. The number of aliphatic carboxylic acids is 1. The van der Waals surface area contributed by atoms with Gasteiger partial charge < -0.3 is 5.11 Å². The zero-order chi connectivity index (χ0) is 15.2. The van der Waals surface area contributed by atoms with E-state index in [0.717, 1.165) is 16.9 Å². The first-order valence-corrected chi connectivity index (χ1v) is 8.01. The molecule has 110 valence electrons. The molecule has 2 rings (SSSR count). The molecule has 0 bridgehead atoms. The molecule has 0 aliphatic heterocycles. The fourth-order valence-electron chi connectivity index (χ4n) is 2.26. The van der Waals surface area contributed by atoms with Crippen molar-refractivity contribution >= 4 is 17.7 Å². The highest BCUT2D eigenvalue weighted by atomic mass is 32.2. The predicted molar refractivity (Wildman–Crippen MR) is 88.0 cm³/mol. The summed E-state index contributed by atoms with van der Waals surface area (Å²) in [6.45, 7) is 4.13. The van der Waals surface area contributed by atoms with Gasteiger partial charge in [-0.3, -0.25) is 4.79 Å². The van der Waals surface area contributed by atoms with Crippen LogP contribution in [0.2, 0.25) is 0 Å². The van der Waals surface area contributed by atoms with E-state index >= 15 is 0 Å². The van der Waals surface area contributed by atoms with Gasteiger partial charge >= 0.3 is 5.97 Å². The van der Waals surface area contributed by atoms with Crippen LogP contribution in [-0.2, 0) is 17.6 Å². The fraction of sp³-hybridized carbons (Fsp3) is 0.278. The van der Waals surface area contributed by atoms with Gasteiger partial charge in [0.05, 0.1) is 0 Å². The molecule has 0 spiro atoms. The van der Waals surface area contributed by atoms with Crippen LogP contribution in [0.4, 0.5) is 0 Å². The van der Waals surface area contributed by atoms with Gasteiger partial charge in [0.1, 0.15) is 5.25 Å². The number of aryl methyl sites for hydroxylation is 2. The third kappa shape index (κ3) is 4.36. The van der Waals surface area contributed by atoms with Gasteiger partial charge in [-0.15, -0.1) is 11.8 Å². The topological polar surface area (TPSA) is 37.3 Å². The summed E-state index contributed by atoms with van der Waals surface area (Å²) in [4.78, 5) is 12.6. The number of carbonyl (C=O) groups is 1. The molecule has 1 N–H and O–H groups in total. The van der Waals surface area contributed by atoms with E-state index in [1.807, 2.05) is 49.4 Å². The number of carboxylic acids is 1. The minimum Gasteiger partial charge on any atom is -0.480 e. The van der Waals surface area contributed by atoms with Crippen LogP contribution >= 0.6 is 11.8 Å². The summed E-state index contributed by atoms with van der Waals surface area (Å²) in [5, 5.41) is 9.04. The van der Waals surface area contributed by atoms with E-state index in [9.17, 15) is 9.90 Å². The van der Waals surface area contributed by atoms with Crippen molar-refractivity contribution < 1.29 is 9.90 Å². The summed E-state index contributed by atoms with van der Waals surface area (Å²) in [5.74, 6) is -0.758. The van der Waals surface area contributed by atoms with E-state index in [0.29, 0.717) is 6.42 Å². The Balaban J connectivity index is 2.16. The van der Waals surface area contributed by atoms with Gasteiger partial charge in [0.15, 0.2) is 0 Å². The Morgan fingerprint density at radius 1 is 1.10 bits per heavy atom. The Bertz CT molecular complexity index is 605. The first-order chi connectivity index (χ1) is 10.1. The Labute approximate surface area is 130 Å². The molecular formula is C18H20O2S. The molecule has 0 saturated heterocycles. The summed E-state index contributed by atoms with van der Waals surface area (Å²) in [7, 11) is 0. The lowest BCUT2D eigenvalue weighted by Crippen LogP contribution is -2.19. The molecule has 0 aliphatic rings. The van der Waals surface area contributed by atoms with Crippen molar-refractivity contribution in [3.63, 3.8) is 0 Å². The molecule has 0 saturated carbocycles. The maximum Gasteiger partial charge on any atom is 0.317 e. The predicted octanol–water partition coefficient (Wildman–Crippen LogP) is 4.35. The second-order valence-electron chi connectivity index (χ2n) is 5.08. The molecule has 0 radical (unpaired) electrons. The van der Waals surface area contributed by atoms with Gasteiger partial charge in [-0.05, 0) is 43.0 Å². The molecule has 0 amide bonds. The number of rotatable bonds is 6. The minimum atomic E-state index is -0.758. The van der Waals surface area contributed by atoms with Crippen LogP contribution in [0.1, 0.15) is 23.6 Å². The zero-order valence-electron chi connectivity index (χ0n) is 12.4. The summed E-state index contributed by atoms with van der Waals surface area (Å²) < 4.78 is 0. The van der Waals surface area contributed by atoms with Crippen molar-refractivity contribution in [3.8, 4) is 0 Å². The number of benzene rings is 2. The third-order valence-corrected chi connectivity index (χ3v) is 4.68. The van der Waals surface area contributed by atoms with Gasteiger partial charge in [-0.25, -0.2) is 0 Å². The van der Waals surface area contributed by atoms with Crippen LogP contribution in [0, 0.1) is 6.92 Å². The van der Waals surface area contributed by atoms with Gasteiger partial charge in [-0.2, -0.15) is 0 Å². The van der Waals surface area contributed by atoms with Crippen LogP contribution < -0.4 is 0 Å². The number of carboxylic acid groups (broad SMARTS) is 1. The van der Waals surface area contributed by atoms with E-state index in [4.69, 9.17) is 0 Å². The highest BCUT2D eigenvalue weighted by Crippen LogP contribution is 2.27. The summed E-state index contributed by atoms with van der Waals surface area (Å²) in [6.07, 6.45) is 1.48. The van der Waals surface area contributed by atoms with Crippen LogP contribution in [0.5, 0.6) is 0 Å². The van der Waals surface area contributed by atoms with Crippen LogP contribution in [-0.4, -0.2) is 16.3 Å². The van der Waals surface area contributed by atoms with Crippen molar-refractivity contribution in [2.75, 3.05) is 0 Å². The molecule has 0 aromatic heterocycles. The molecule has 0 aliphatic carbocycles. The highest BCUT2D eigenvalue weighted by molar-refractivity contribution is 8.00. The molecule has 3 heteroatoms. The standard InChI is InChI=1S/C18H20O2S/c1-3-14-6-4-5-7-15(14)12-17(18(19)20)21-16-10-8-13(2)9-11-16/h4-11,17H,3,12H2,1-2H3,(H,19,20)/t17-/m0/s1. The van der Waals surface area contributed by atoms with E-state index in [1.54, 1.807) is 0 Å². The molecule has 2 aromatic rings. The first kappa shape index (κ1) is 15.6. The van der Waals surface area contributed by atoms with E-state index < -0.39 is 11.2 Å². The van der Waals surface area contributed by atoms with Crippen LogP contribution in [0.15, 0.2) is 53.4 Å². The zero-order valence-corrected chi connectivity index (χ0v) is 13.2. The van der Waals surface area contributed by atoms with Crippen molar-refractivity contribution in [1.82, 2.24) is 0 Å². The van der Waals surface area contributed by atoms with Crippen LogP contribution in [0.3, 0.4) is 0 Å². The number of hydrogen-bond acceptors (Lipinski definition) is 2. The number of hydrogen-bond donors (Lipinski definition) is 1. The van der Waals surface area contributed by atoms with Crippen molar-refractivity contribution in [2.45, 2.75) is 36.8 Å². The lowest BCUT2D eigenvalue weighted by molar-refractivity contribution is -0.136. The SMILES string of the molecule is CCc1ccccc1C[C@H](Sc1ccc(C)cc1)C(=O)O. The third-order valence-electron chi connectivity index (χ3n) is 3.48. The van der Waals surface area contributed by atoms with Gasteiger partial charge in [0, 0.05) is 4.90 Å². The Hall–Kier alpha value is -1.74. The Morgan fingerprint density at radius 2 is 1.71 bits per heavy atom. The number of thioether (sulfide) groups is 1. The van der Waals surface area contributed by atoms with Gasteiger partial charge in [0.2, 0.25) is 0 Å². The maximum absolute atomic E-state index is 11.6. The quantitative estimate of drug-likeness (QED) is 0.806.